The van der Waals surface area contributed by atoms with E-state index >= 15 is 0 Å². The predicted molar refractivity (Wildman–Crippen MR) is 125 cm³/mol. The third kappa shape index (κ3) is 5.38. The first-order chi connectivity index (χ1) is 17.2. The first kappa shape index (κ1) is 24.9. The number of sulfonamides is 1. The SMILES string of the molecule is CN(C(=O)[C@H](Cc1ccccc1)NC(=O)NS(=O)(=O)c1c(F)cccc1F)c1ccc2c(c1)OCO2. The highest BCUT2D eigenvalue weighted by Gasteiger charge is 2.30. The molecule has 1 heterocycles. The molecule has 1 aliphatic heterocycles. The molecule has 0 saturated carbocycles. The summed E-state index contributed by atoms with van der Waals surface area (Å²) in [5.74, 6) is -2.36. The van der Waals surface area contributed by atoms with Crippen molar-refractivity contribution in [2.45, 2.75) is 17.4 Å². The molecule has 4 rings (SSSR count). The van der Waals surface area contributed by atoms with Crippen LogP contribution in [-0.2, 0) is 21.2 Å². The van der Waals surface area contributed by atoms with Gasteiger partial charge >= 0.3 is 6.03 Å². The number of amides is 3. The second kappa shape index (κ2) is 10.2. The van der Waals surface area contributed by atoms with Crippen LogP contribution in [0.5, 0.6) is 11.5 Å². The molecule has 0 fully saturated rings. The van der Waals surface area contributed by atoms with Gasteiger partial charge in [0, 0.05) is 25.2 Å². The van der Waals surface area contributed by atoms with Crippen LogP contribution < -0.4 is 24.4 Å². The maximum absolute atomic E-state index is 14.0. The van der Waals surface area contributed by atoms with Gasteiger partial charge in [-0.2, -0.15) is 0 Å². The normalized spacial score (nSPS) is 13.1. The van der Waals surface area contributed by atoms with Crippen LogP contribution >= 0.6 is 0 Å². The van der Waals surface area contributed by atoms with Crippen molar-refractivity contribution in [3.05, 3.63) is 83.9 Å². The molecular weight excluding hydrogens is 496 g/mol. The fourth-order valence-electron chi connectivity index (χ4n) is 3.60. The van der Waals surface area contributed by atoms with Crippen molar-refractivity contribution in [2.24, 2.45) is 0 Å². The van der Waals surface area contributed by atoms with E-state index in [1.54, 1.807) is 53.3 Å². The zero-order chi connectivity index (χ0) is 25.9. The van der Waals surface area contributed by atoms with Crippen LogP contribution in [-0.4, -0.2) is 40.2 Å². The molecule has 12 heteroatoms. The summed E-state index contributed by atoms with van der Waals surface area (Å²) >= 11 is 0. The molecule has 188 valence electrons. The lowest BCUT2D eigenvalue weighted by atomic mass is 10.0. The summed E-state index contributed by atoms with van der Waals surface area (Å²) in [6.07, 6.45) is 0.0100. The Morgan fingerprint density at radius 2 is 1.64 bits per heavy atom. The van der Waals surface area contributed by atoms with Gasteiger partial charge in [-0.3, -0.25) is 4.79 Å². The monoisotopic (exact) mass is 517 g/mol. The zero-order valence-electron chi connectivity index (χ0n) is 18.9. The van der Waals surface area contributed by atoms with E-state index in [0.29, 0.717) is 22.7 Å². The number of benzene rings is 3. The number of fused-ring (bicyclic) bond motifs is 1. The average molecular weight is 518 g/mol. The van der Waals surface area contributed by atoms with Crippen LogP contribution in [0.2, 0.25) is 0 Å². The maximum Gasteiger partial charge on any atom is 0.329 e. The summed E-state index contributed by atoms with van der Waals surface area (Å²) in [6, 6.07) is 13.5. The van der Waals surface area contributed by atoms with Gasteiger partial charge in [0.15, 0.2) is 16.4 Å². The number of carbonyl (C=O) groups excluding carboxylic acids is 2. The Kier molecular flexibility index (Phi) is 7.06. The Morgan fingerprint density at radius 1 is 0.972 bits per heavy atom. The van der Waals surface area contributed by atoms with Gasteiger partial charge in [-0.05, 0) is 29.8 Å². The Hall–Kier alpha value is -4.19. The van der Waals surface area contributed by atoms with E-state index in [0.717, 1.165) is 18.2 Å². The van der Waals surface area contributed by atoms with Crippen molar-refractivity contribution >= 4 is 27.6 Å². The number of likely N-dealkylation sites (N-methyl/N-ethyl adjacent to an activating group) is 1. The van der Waals surface area contributed by atoms with E-state index in [1.165, 1.54) is 11.9 Å². The van der Waals surface area contributed by atoms with Gasteiger partial charge in [0.25, 0.3) is 10.0 Å². The highest BCUT2D eigenvalue weighted by atomic mass is 32.2. The fourth-order valence-corrected chi connectivity index (χ4v) is 4.66. The van der Waals surface area contributed by atoms with E-state index in [9.17, 15) is 26.8 Å². The van der Waals surface area contributed by atoms with Gasteiger partial charge in [0.1, 0.15) is 17.7 Å². The van der Waals surface area contributed by atoms with Crippen LogP contribution in [0.15, 0.2) is 71.6 Å². The van der Waals surface area contributed by atoms with Gasteiger partial charge < -0.3 is 19.7 Å². The molecule has 3 aromatic rings. The van der Waals surface area contributed by atoms with Crippen LogP contribution in [0, 0.1) is 11.6 Å². The first-order valence-electron chi connectivity index (χ1n) is 10.6. The molecule has 9 nitrogen and oxygen atoms in total. The topological polar surface area (TPSA) is 114 Å². The minimum absolute atomic E-state index is 0.0100. The molecule has 36 heavy (non-hydrogen) atoms. The minimum atomic E-state index is -4.91. The number of carbonyl (C=O) groups is 2. The highest BCUT2D eigenvalue weighted by molar-refractivity contribution is 7.90. The van der Waals surface area contributed by atoms with Crippen molar-refractivity contribution in [2.75, 3.05) is 18.7 Å². The number of hydrogen-bond donors (Lipinski definition) is 2. The second-order valence-electron chi connectivity index (χ2n) is 7.81. The predicted octanol–water partition coefficient (Wildman–Crippen LogP) is 2.96. The maximum atomic E-state index is 14.0. The van der Waals surface area contributed by atoms with Crippen LogP contribution in [0.3, 0.4) is 0 Å². The first-order valence-corrected chi connectivity index (χ1v) is 12.1. The van der Waals surface area contributed by atoms with E-state index in [-0.39, 0.29) is 13.2 Å². The van der Waals surface area contributed by atoms with E-state index in [4.69, 9.17) is 9.47 Å². The average Bonchev–Trinajstić information content (AvgIpc) is 3.30. The standard InChI is InChI=1S/C24H21F2N3O6S/c1-29(16-10-11-20-21(13-16)35-14-34-20)23(30)19(12-15-6-3-2-4-7-15)27-24(31)28-36(32,33)22-17(25)8-5-9-18(22)26/h2-11,13,19H,12,14H2,1H3,(H2,27,28,31)/t19-/m0/s1. The molecule has 2 N–H and O–H groups in total. The van der Waals surface area contributed by atoms with E-state index < -0.39 is 44.5 Å². The van der Waals surface area contributed by atoms with Gasteiger partial charge in [-0.1, -0.05) is 36.4 Å². The lowest BCUT2D eigenvalue weighted by Gasteiger charge is -2.25. The van der Waals surface area contributed by atoms with Crippen LogP contribution in [0.1, 0.15) is 5.56 Å². The fraction of sp³-hybridized carbons (Fsp3) is 0.167. The highest BCUT2D eigenvalue weighted by Crippen LogP contribution is 2.35. The molecule has 0 bridgehead atoms. The molecule has 0 aliphatic carbocycles. The lowest BCUT2D eigenvalue weighted by molar-refractivity contribution is -0.120. The van der Waals surface area contributed by atoms with Crippen LogP contribution in [0.4, 0.5) is 19.3 Å². The van der Waals surface area contributed by atoms with Crippen molar-refractivity contribution in [1.82, 2.24) is 10.0 Å². The van der Waals surface area contributed by atoms with Crippen molar-refractivity contribution in [3.63, 3.8) is 0 Å². The van der Waals surface area contributed by atoms with Crippen molar-refractivity contribution in [3.8, 4) is 11.5 Å². The van der Waals surface area contributed by atoms with Gasteiger partial charge in [-0.15, -0.1) is 0 Å². The molecule has 0 spiro atoms. The smallest absolute Gasteiger partial charge is 0.329 e. The van der Waals surface area contributed by atoms with Gasteiger partial charge in [0.05, 0.1) is 0 Å². The van der Waals surface area contributed by atoms with Crippen LogP contribution in [0.25, 0.3) is 0 Å². The third-order valence-corrected chi connectivity index (χ3v) is 6.76. The summed E-state index contributed by atoms with van der Waals surface area (Å²) < 4.78 is 65.1. The molecular formula is C24H21F2N3O6S. The summed E-state index contributed by atoms with van der Waals surface area (Å²) in [6.45, 7) is 0.0475. The molecule has 0 unspecified atom stereocenters. The van der Waals surface area contributed by atoms with Gasteiger partial charge in [0.2, 0.25) is 12.7 Å². The number of halogens is 2. The van der Waals surface area contributed by atoms with E-state index in [2.05, 4.69) is 5.32 Å². The molecule has 3 amide bonds. The summed E-state index contributed by atoms with van der Waals surface area (Å²) in [7, 11) is -3.44. The Balaban J connectivity index is 1.56. The minimum Gasteiger partial charge on any atom is -0.454 e. The Bertz CT molecular complexity index is 1380. The largest absolute Gasteiger partial charge is 0.454 e. The molecule has 0 radical (unpaired) electrons. The third-order valence-electron chi connectivity index (χ3n) is 5.37. The molecule has 1 aliphatic rings. The zero-order valence-corrected chi connectivity index (χ0v) is 19.7. The van der Waals surface area contributed by atoms with E-state index in [1.807, 2.05) is 0 Å². The number of ether oxygens (including phenoxy) is 2. The number of urea groups is 1. The molecule has 0 saturated heterocycles. The van der Waals surface area contributed by atoms with Crippen molar-refractivity contribution in [1.29, 1.82) is 0 Å². The lowest BCUT2D eigenvalue weighted by Crippen LogP contribution is -2.52. The number of nitrogens with one attached hydrogen (secondary N) is 2. The molecule has 1 atom stereocenters. The number of anilines is 1. The second-order valence-corrected chi connectivity index (χ2v) is 9.43. The molecule has 0 aromatic heterocycles. The summed E-state index contributed by atoms with van der Waals surface area (Å²) in [5, 5.41) is 2.31. The Morgan fingerprint density at radius 3 is 2.33 bits per heavy atom. The Labute approximate surface area is 205 Å². The quantitative estimate of drug-likeness (QED) is 0.498. The summed E-state index contributed by atoms with van der Waals surface area (Å²) in [5.41, 5.74) is 1.11. The number of hydrogen-bond acceptors (Lipinski definition) is 6. The number of rotatable bonds is 7. The summed E-state index contributed by atoms with van der Waals surface area (Å²) in [4.78, 5) is 26.0. The molecule has 3 aromatic carbocycles. The number of nitrogens with zero attached hydrogens (tertiary/aromatic N) is 1. The van der Waals surface area contributed by atoms with Crippen molar-refractivity contribution < 1.29 is 36.3 Å². The van der Waals surface area contributed by atoms with Gasteiger partial charge in [-0.25, -0.2) is 26.7 Å².